The van der Waals surface area contributed by atoms with Crippen LogP contribution in [0.4, 0.5) is 0 Å². The van der Waals surface area contributed by atoms with Gasteiger partial charge in [0.1, 0.15) is 4.21 Å². The first-order valence-corrected chi connectivity index (χ1v) is 9.33. The van der Waals surface area contributed by atoms with Crippen molar-refractivity contribution in [1.82, 2.24) is 4.72 Å². The first-order chi connectivity index (χ1) is 9.71. The fourth-order valence-electron chi connectivity index (χ4n) is 2.70. The molecule has 0 radical (unpaired) electrons. The first kappa shape index (κ1) is 16.5. The van der Waals surface area contributed by atoms with E-state index in [1.807, 2.05) is 0 Å². The Kier molecular flexibility index (Phi) is 4.75. The van der Waals surface area contributed by atoms with Gasteiger partial charge >= 0.3 is 5.97 Å². The summed E-state index contributed by atoms with van der Waals surface area (Å²) < 4.78 is 27.9. The lowest BCUT2D eigenvalue weighted by Gasteiger charge is -2.38. The summed E-state index contributed by atoms with van der Waals surface area (Å²) in [5.41, 5.74) is -0.0491. The van der Waals surface area contributed by atoms with Crippen molar-refractivity contribution in [2.45, 2.75) is 56.2 Å². The Morgan fingerprint density at radius 1 is 1.43 bits per heavy atom. The summed E-state index contributed by atoms with van der Waals surface area (Å²) in [6.45, 7) is 4.17. The van der Waals surface area contributed by atoms with Crippen LogP contribution in [0.3, 0.4) is 0 Å². The van der Waals surface area contributed by atoms with Gasteiger partial charge in [0.15, 0.2) is 0 Å². The van der Waals surface area contributed by atoms with Gasteiger partial charge in [-0.15, -0.1) is 11.3 Å². The molecule has 118 valence electrons. The Morgan fingerprint density at radius 2 is 2.14 bits per heavy atom. The van der Waals surface area contributed by atoms with Crippen LogP contribution in [0, 0.1) is 5.41 Å². The second-order valence-corrected chi connectivity index (χ2v) is 9.31. The molecule has 2 rings (SSSR count). The average Bonchev–Trinajstić information content (AvgIpc) is 2.80. The van der Waals surface area contributed by atoms with Crippen molar-refractivity contribution >= 4 is 27.3 Å². The number of carboxylic acids is 1. The van der Waals surface area contributed by atoms with E-state index in [1.165, 1.54) is 6.07 Å². The van der Waals surface area contributed by atoms with Crippen LogP contribution in [-0.4, -0.2) is 25.5 Å². The van der Waals surface area contributed by atoms with Crippen molar-refractivity contribution < 1.29 is 18.3 Å². The topological polar surface area (TPSA) is 83.5 Å². The second-order valence-electron chi connectivity index (χ2n) is 6.20. The maximum Gasteiger partial charge on any atom is 0.308 e. The van der Waals surface area contributed by atoms with Gasteiger partial charge in [-0.2, -0.15) is 0 Å². The van der Waals surface area contributed by atoms with E-state index < -0.39 is 16.0 Å². The van der Waals surface area contributed by atoms with Crippen molar-refractivity contribution in [3.63, 3.8) is 0 Å². The lowest BCUT2D eigenvalue weighted by molar-refractivity contribution is -0.136. The van der Waals surface area contributed by atoms with Gasteiger partial charge in [0, 0.05) is 10.9 Å². The molecule has 7 heteroatoms. The molecule has 0 amide bonds. The van der Waals surface area contributed by atoms with Crippen LogP contribution in [0.1, 0.15) is 44.4 Å². The molecule has 0 bridgehead atoms. The molecule has 2 N–H and O–H groups in total. The minimum atomic E-state index is -3.57. The number of thiophene rings is 1. The summed E-state index contributed by atoms with van der Waals surface area (Å²) in [4.78, 5) is 11.2. The molecule has 1 aliphatic rings. The number of aliphatic carboxylic acids is 1. The van der Waals surface area contributed by atoms with E-state index in [-0.39, 0.29) is 22.1 Å². The van der Waals surface area contributed by atoms with Crippen LogP contribution in [0.15, 0.2) is 16.3 Å². The predicted octanol–water partition coefficient (Wildman–Crippen LogP) is 2.62. The molecule has 0 saturated heterocycles. The van der Waals surface area contributed by atoms with Crippen molar-refractivity contribution in [3.05, 3.63) is 17.0 Å². The number of rotatable bonds is 5. The first-order valence-electron chi connectivity index (χ1n) is 7.03. The Hall–Kier alpha value is -0.920. The average molecular weight is 331 g/mol. The molecule has 1 saturated carbocycles. The van der Waals surface area contributed by atoms with Crippen LogP contribution in [0.25, 0.3) is 0 Å². The molecule has 1 fully saturated rings. The van der Waals surface area contributed by atoms with Crippen LogP contribution in [0.5, 0.6) is 0 Å². The highest BCUT2D eigenvalue weighted by Crippen LogP contribution is 2.36. The molecule has 1 unspecified atom stereocenters. The van der Waals surface area contributed by atoms with Gasteiger partial charge in [0.2, 0.25) is 10.0 Å². The summed E-state index contributed by atoms with van der Waals surface area (Å²) >= 11 is 1.03. The van der Waals surface area contributed by atoms with Gasteiger partial charge in [-0.3, -0.25) is 4.79 Å². The molecule has 5 nitrogen and oxygen atoms in total. The van der Waals surface area contributed by atoms with Gasteiger partial charge in [0.05, 0.1) is 6.42 Å². The van der Waals surface area contributed by atoms with E-state index in [4.69, 9.17) is 5.11 Å². The largest absolute Gasteiger partial charge is 0.481 e. The number of carbonyl (C=O) groups is 1. The third kappa shape index (κ3) is 4.05. The van der Waals surface area contributed by atoms with Crippen molar-refractivity contribution in [2.75, 3.05) is 0 Å². The zero-order chi connectivity index (χ0) is 15.7. The highest BCUT2D eigenvalue weighted by molar-refractivity contribution is 7.91. The fraction of sp³-hybridized carbons (Fsp3) is 0.643. The highest BCUT2D eigenvalue weighted by Gasteiger charge is 2.35. The van der Waals surface area contributed by atoms with Crippen molar-refractivity contribution in [3.8, 4) is 0 Å². The van der Waals surface area contributed by atoms with Gasteiger partial charge in [-0.1, -0.05) is 26.7 Å². The summed E-state index contributed by atoms with van der Waals surface area (Å²) in [6.07, 6.45) is 3.88. The minimum Gasteiger partial charge on any atom is -0.481 e. The third-order valence-electron chi connectivity index (χ3n) is 4.03. The van der Waals surface area contributed by atoms with E-state index in [2.05, 4.69) is 18.6 Å². The summed E-state index contributed by atoms with van der Waals surface area (Å²) in [7, 11) is -3.57. The van der Waals surface area contributed by atoms with Gasteiger partial charge < -0.3 is 5.11 Å². The van der Waals surface area contributed by atoms with Crippen LogP contribution < -0.4 is 4.72 Å². The second kappa shape index (κ2) is 6.06. The normalized spacial score (nSPS) is 22.1. The predicted molar refractivity (Wildman–Crippen MR) is 82.0 cm³/mol. The molecular weight excluding hydrogens is 310 g/mol. The molecule has 1 aromatic rings. The molecule has 1 heterocycles. The number of nitrogens with one attached hydrogen (secondary N) is 1. The molecule has 21 heavy (non-hydrogen) atoms. The number of carboxylic acid groups (broad SMARTS) is 1. The fourth-order valence-corrected chi connectivity index (χ4v) is 5.51. The van der Waals surface area contributed by atoms with E-state index in [1.54, 1.807) is 6.07 Å². The standard InChI is InChI=1S/C14H21NO4S2/c1-14(2)8-4-3-5-11(14)15-21(18,19)13-7-6-10(20-13)9-12(16)17/h6-7,11,15H,3-5,8-9H2,1-2H3,(H,16,17). The highest BCUT2D eigenvalue weighted by atomic mass is 32.2. The Balaban J connectivity index is 2.14. The van der Waals surface area contributed by atoms with Crippen LogP contribution in [0.2, 0.25) is 0 Å². The van der Waals surface area contributed by atoms with Crippen LogP contribution >= 0.6 is 11.3 Å². The van der Waals surface area contributed by atoms with Gasteiger partial charge in [0.25, 0.3) is 0 Å². The summed E-state index contributed by atoms with van der Waals surface area (Å²) in [5, 5.41) is 8.75. The minimum absolute atomic E-state index is 0.0491. The van der Waals surface area contributed by atoms with Crippen molar-refractivity contribution in [2.24, 2.45) is 5.41 Å². The van der Waals surface area contributed by atoms with E-state index in [9.17, 15) is 13.2 Å². The lowest BCUT2D eigenvalue weighted by atomic mass is 9.74. The number of hydrogen-bond donors (Lipinski definition) is 2. The summed E-state index contributed by atoms with van der Waals surface area (Å²) in [5.74, 6) is -0.956. The molecule has 0 aromatic carbocycles. The zero-order valence-electron chi connectivity index (χ0n) is 12.3. The van der Waals surface area contributed by atoms with E-state index in [0.717, 1.165) is 37.0 Å². The Labute approximate surface area is 129 Å². The lowest BCUT2D eigenvalue weighted by Crippen LogP contribution is -2.46. The quantitative estimate of drug-likeness (QED) is 0.869. The molecule has 1 aliphatic carbocycles. The summed E-state index contributed by atoms with van der Waals surface area (Å²) in [6, 6.07) is 2.99. The zero-order valence-corrected chi connectivity index (χ0v) is 13.9. The van der Waals surface area contributed by atoms with Gasteiger partial charge in [-0.05, 0) is 30.4 Å². The van der Waals surface area contributed by atoms with Gasteiger partial charge in [-0.25, -0.2) is 13.1 Å². The molecule has 0 aliphatic heterocycles. The maximum atomic E-state index is 12.4. The molecular formula is C14H21NO4S2. The smallest absolute Gasteiger partial charge is 0.308 e. The van der Waals surface area contributed by atoms with Crippen LogP contribution in [-0.2, 0) is 21.2 Å². The van der Waals surface area contributed by atoms with E-state index >= 15 is 0 Å². The Bertz CT molecular complexity index is 619. The monoisotopic (exact) mass is 331 g/mol. The SMILES string of the molecule is CC1(C)CCCCC1NS(=O)(=O)c1ccc(CC(=O)O)s1. The number of sulfonamides is 1. The Morgan fingerprint density at radius 3 is 2.76 bits per heavy atom. The molecule has 1 atom stereocenters. The maximum absolute atomic E-state index is 12.4. The number of hydrogen-bond acceptors (Lipinski definition) is 4. The van der Waals surface area contributed by atoms with Crippen molar-refractivity contribution in [1.29, 1.82) is 0 Å². The molecule has 0 spiro atoms. The van der Waals surface area contributed by atoms with E-state index in [0.29, 0.717) is 4.88 Å². The third-order valence-corrected chi connectivity index (χ3v) is 7.08. The molecule has 1 aromatic heterocycles.